The first-order valence-corrected chi connectivity index (χ1v) is 6.75. The molecule has 0 amide bonds. The maximum absolute atomic E-state index is 6.37. The van der Waals surface area contributed by atoms with Crippen molar-refractivity contribution in [3.05, 3.63) is 35.9 Å². The normalized spacial score (nSPS) is 14.0. The third kappa shape index (κ3) is 4.16. The summed E-state index contributed by atoms with van der Waals surface area (Å²) in [5, 5.41) is 0. The lowest BCUT2D eigenvalue weighted by atomic mass is 9.76. The molecule has 0 saturated carbocycles. The van der Waals surface area contributed by atoms with Gasteiger partial charge in [-0.15, -0.1) is 0 Å². The third-order valence-corrected chi connectivity index (χ3v) is 3.74. The fraction of sp³-hybridized carbons (Fsp3) is 0.625. The Morgan fingerprint density at radius 1 is 1.06 bits per heavy atom. The molecule has 0 aliphatic rings. The minimum Gasteiger partial charge on any atom is -0.327 e. The Hall–Kier alpha value is -0.820. The van der Waals surface area contributed by atoms with E-state index in [2.05, 4.69) is 58.0 Å². The summed E-state index contributed by atoms with van der Waals surface area (Å²) in [5.74, 6) is 0.780. The number of hydrogen-bond donors (Lipinski definition) is 1. The minimum absolute atomic E-state index is 0.0677. The molecular formula is C16H27N. The predicted molar refractivity (Wildman–Crippen MR) is 76.1 cm³/mol. The Labute approximate surface area is 106 Å². The van der Waals surface area contributed by atoms with Crippen molar-refractivity contribution >= 4 is 0 Å². The summed E-state index contributed by atoms with van der Waals surface area (Å²) >= 11 is 0. The molecule has 1 aromatic carbocycles. The zero-order valence-corrected chi connectivity index (χ0v) is 11.7. The molecule has 1 aromatic rings. The molecule has 0 aromatic heterocycles. The zero-order chi connectivity index (χ0) is 12.9. The van der Waals surface area contributed by atoms with Crippen LogP contribution in [0.2, 0.25) is 0 Å². The monoisotopic (exact) mass is 233 g/mol. The Morgan fingerprint density at radius 2 is 1.65 bits per heavy atom. The number of nitrogens with two attached hydrogens (primary N) is 1. The van der Waals surface area contributed by atoms with Gasteiger partial charge in [0.1, 0.15) is 0 Å². The second kappa shape index (κ2) is 6.20. The predicted octanol–water partition coefficient (Wildman–Crippen LogP) is 4.12. The van der Waals surface area contributed by atoms with Crippen molar-refractivity contribution in [1.29, 1.82) is 0 Å². The second-order valence-corrected chi connectivity index (χ2v) is 6.02. The fourth-order valence-corrected chi connectivity index (χ4v) is 2.19. The molecule has 0 aliphatic heterocycles. The van der Waals surface area contributed by atoms with Gasteiger partial charge < -0.3 is 5.73 Å². The fourth-order valence-electron chi connectivity index (χ4n) is 2.19. The van der Waals surface area contributed by atoms with E-state index in [9.17, 15) is 0 Å². The largest absolute Gasteiger partial charge is 0.327 e. The highest BCUT2D eigenvalue weighted by Gasteiger charge is 2.27. The van der Waals surface area contributed by atoms with Gasteiger partial charge >= 0.3 is 0 Å². The molecule has 1 atom stereocenters. The van der Waals surface area contributed by atoms with Crippen LogP contribution >= 0.6 is 0 Å². The van der Waals surface area contributed by atoms with Gasteiger partial charge in [0, 0.05) is 11.5 Å². The van der Waals surface area contributed by atoms with Crippen LogP contribution in [-0.4, -0.2) is 6.04 Å². The van der Waals surface area contributed by atoms with Gasteiger partial charge in [-0.2, -0.15) is 0 Å². The van der Waals surface area contributed by atoms with Gasteiger partial charge in [0.25, 0.3) is 0 Å². The zero-order valence-electron chi connectivity index (χ0n) is 11.7. The molecule has 17 heavy (non-hydrogen) atoms. The van der Waals surface area contributed by atoms with Crippen LogP contribution in [-0.2, 0) is 5.41 Å². The lowest BCUT2D eigenvalue weighted by Gasteiger charge is -2.32. The van der Waals surface area contributed by atoms with E-state index >= 15 is 0 Å². The molecule has 0 bridgehead atoms. The lowest BCUT2D eigenvalue weighted by molar-refractivity contribution is 0.368. The van der Waals surface area contributed by atoms with E-state index in [0.717, 1.165) is 12.3 Å². The van der Waals surface area contributed by atoms with E-state index in [1.54, 1.807) is 0 Å². The molecule has 1 rings (SSSR count). The third-order valence-electron chi connectivity index (χ3n) is 3.74. The topological polar surface area (TPSA) is 26.0 Å². The SMILES string of the molecule is CC(C)CCCC(N)C(C)(C)c1ccccc1. The van der Waals surface area contributed by atoms with E-state index in [1.165, 1.54) is 18.4 Å². The first-order chi connectivity index (χ1) is 7.94. The average molecular weight is 233 g/mol. The van der Waals surface area contributed by atoms with Crippen LogP contribution in [0.1, 0.15) is 52.5 Å². The highest BCUT2D eigenvalue weighted by atomic mass is 14.7. The summed E-state index contributed by atoms with van der Waals surface area (Å²) in [7, 11) is 0. The van der Waals surface area contributed by atoms with E-state index in [4.69, 9.17) is 5.73 Å². The van der Waals surface area contributed by atoms with Crippen LogP contribution in [0.15, 0.2) is 30.3 Å². The molecule has 1 nitrogen and oxygen atoms in total. The molecule has 1 unspecified atom stereocenters. The minimum atomic E-state index is 0.0677. The van der Waals surface area contributed by atoms with Gasteiger partial charge in [-0.1, -0.05) is 70.9 Å². The van der Waals surface area contributed by atoms with Crippen molar-refractivity contribution in [2.75, 3.05) is 0 Å². The molecule has 96 valence electrons. The highest BCUT2D eigenvalue weighted by molar-refractivity contribution is 5.25. The smallest absolute Gasteiger partial charge is 0.0131 e. The first-order valence-electron chi connectivity index (χ1n) is 6.75. The van der Waals surface area contributed by atoms with Gasteiger partial charge in [0.05, 0.1) is 0 Å². The molecule has 0 saturated heterocycles. The number of rotatable bonds is 6. The van der Waals surface area contributed by atoms with E-state index < -0.39 is 0 Å². The Kier molecular flexibility index (Phi) is 5.20. The Balaban J connectivity index is 2.58. The van der Waals surface area contributed by atoms with E-state index in [-0.39, 0.29) is 11.5 Å². The van der Waals surface area contributed by atoms with Crippen LogP contribution in [0, 0.1) is 5.92 Å². The molecule has 0 aliphatic carbocycles. The molecule has 1 heteroatoms. The Morgan fingerprint density at radius 3 is 2.18 bits per heavy atom. The molecule has 2 N–H and O–H groups in total. The summed E-state index contributed by atoms with van der Waals surface area (Å²) in [6.45, 7) is 9.05. The molecular weight excluding hydrogens is 206 g/mol. The van der Waals surface area contributed by atoms with Crippen molar-refractivity contribution in [3.8, 4) is 0 Å². The van der Waals surface area contributed by atoms with Gasteiger partial charge in [0.15, 0.2) is 0 Å². The molecule has 0 spiro atoms. The maximum atomic E-state index is 6.37. The van der Waals surface area contributed by atoms with Crippen molar-refractivity contribution in [2.45, 2.75) is 58.4 Å². The van der Waals surface area contributed by atoms with Gasteiger partial charge in [-0.3, -0.25) is 0 Å². The molecule has 0 fully saturated rings. The van der Waals surface area contributed by atoms with Crippen LogP contribution in [0.3, 0.4) is 0 Å². The van der Waals surface area contributed by atoms with Crippen molar-refractivity contribution in [3.63, 3.8) is 0 Å². The second-order valence-electron chi connectivity index (χ2n) is 6.02. The van der Waals surface area contributed by atoms with E-state index in [1.807, 2.05) is 0 Å². The van der Waals surface area contributed by atoms with Crippen LogP contribution < -0.4 is 5.73 Å². The van der Waals surface area contributed by atoms with E-state index in [0.29, 0.717) is 0 Å². The van der Waals surface area contributed by atoms with Crippen LogP contribution in [0.25, 0.3) is 0 Å². The summed E-state index contributed by atoms with van der Waals surface area (Å²) < 4.78 is 0. The quantitative estimate of drug-likeness (QED) is 0.786. The lowest BCUT2D eigenvalue weighted by Crippen LogP contribution is -2.40. The molecule has 0 radical (unpaired) electrons. The summed E-state index contributed by atoms with van der Waals surface area (Å²) in [6.07, 6.45) is 3.62. The summed E-state index contributed by atoms with van der Waals surface area (Å²) in [5.41, 5.74) is 7.78. The standard InChI is InChI=1S/C16H27N/c1-13(2)9-8-12-15(17)16(3,4)14-10-6-5-7-11-14/h5-7,10-11,13,15H,8-9,12,17H2,1-4H3. The summed E-state index contributed by atoms with van der Waals surface area (Å²) in [6, 6.07) is 10.9. The summed E-state index contributed by atoms with van der Waals surface area (Å²) in [4.78, 5) is 0. The van der Waals surface area contributed by atoms with Crippen LogP contribution in [0.5, 0.6) is 0 Å². The Bertz CT molecular complexity index is 314. The van der Waals surface area contributed by atoms with Gasteiger partial charge in [0.2, 0.25) is 0 Å². The average Bonchev–Trinajstić information content (AvgIpc) is 2.29. The van der Waals surface area contributed by atoms with Crippen molar-refractivity contribution in [2.24, 2.45) is 11.7 Å². The number of hydrogen-bond acceptors (Lipinski definition) is 1. The van der Waals surface area contributed by atoms with Gasteiger partial charge in [-0.25, -0.2) is 0 Å². The maximum Gasteiger partial charge on any atom is 0.0131 e. The first kappa shape index (κ1) is 14.2. The van der Waals surface area contributed by atoms with Crippen LogP contribution in [0.4, 0.5) is 0 Å². The van der Waals surface area contributed by atoms with Crippen molar-refractivity contribution in [1.82, 2.24) is 0 Å². The number of benzene rings is 1. The van der Waals surface area contributed by atoms with Crippen molar-refractivity contribution < 1.29 is 0 Å². The highest BCUT2D eigenvalue weighted by Crippen LogP contribution is 2.28. The van der Waals surface area contributed by atoms with Gasteiger partial charge in [-0.05, 0) is 17.9 Å². The molecule has 0 heterocycles.